The smallest absolute Gasteiger partial charge is 0.254 e. The first-order chi connectivity index (χ1) is 35.9. The molecule has 0 spiro atoms. The van der Waals surface area contributed by atoms with Gasteiger partial charge in [-0.15, -0.1) is 0 Å². The molecule has 8 bridgehead atoms. The van der Waals surface area contributed by atoms with E-state index in [-0.39, 0.29) is 72.2 Å². The van der Waals surface area contributed by atoms with Crippen LogP contribution in [0.5, 0.6) is 17.2 Å². The normalized spacial score (nSPS) is 30.6. The highest BCUT2D eigenvalue weighted by Gasteiger charge is 2.59. The molecule has 5 heterocycles. The summed E-state index contributed by atoms with van der Waals surface area (Å²) in [7, 11) is 1.59. The van der Waals surface area contributed by atoms with Crippen LogP contribution in [0.2, 0.25) is 0 Å². The highest BCUT2D eigenvalue weighted by Crippen LogP contribution is 2.60. The number of rotatable bonds is 5. The van der Waals surface area contributed by atoms with Crippen molar-refractivity contribution in [2.75, 3.05) is 26.9 Å². The Morgan fingerprint density at radius 2 is 1.82 bits per heavy atom. The second kappa shape index (κ2) is 17.2. The number of allylic oxidation sites excluding steroid dienone is 2. The highest BCUT2D eigenvalue weighted by atomic mass is 16.7. The average Bonchev–Trinajstić information content (AvgIpc) is 4.28. The first-order valence-electron chi connectivity index (χ1n) is 26.7. The van der Waals surface area contributed by atoms with Crippen LogP contribution in [0, 0.1) is 17.9 Å². The Bertz CT molecular complexity index is 3370. The number of ketones is 1. The minimum Gasteiger partial charge on any atom is -0.506 e. The van der Waals surface area contributed by atoms with Crippen molar-refractivity contribution in [2.24, 2.45) is 5.92 Å². The van der Waals surface area contributed by atoms with E-state index in [0.717, 1.165) is 114 Å². The number of carbonyl (C=O) groups is 2. The number of phenols is 1. The maximum Gasteiger partial charge on any atom is 0.254 e. The molecule has 1 saturated heterocycles. The van der Waals surface area contributed by atoms with Crippen LogP contribution in [0.25, 0.3) is 33.3 Å². The number of fused-ring (bicyclic) bond motifs is 9. The number of aromatic hydroxyl groups is 1. The second-order valence-corrected chi connectivity index (χ2v) is 22.5. The van der Waals surface area contributed by atoms with Crippen LogP contribution in [0.1, 0.15) is 153 Å². The van der Waals surface area contributed by atoms with Gasteiger partial charge in [-0.05, 0) is 139 Å². The number of amides is 1. The highest BCUT2D eigenvalue weighted by molar-refractivity contribution is 6.17. The number of phenolic OH excluding ortho intramolecular Hbond substituents is 1. The van der Waals surface area contributed by atoms with E-state index in [1.165, 1.54) is 16.0 Å². The van der Waals surface area contributed by atoms with Gasteiger partial charge in [-0.1, -0.05) is 49.5 Å². The molecule has 14 nitrogen and oxygen atoms in total. The van der Waals surface area contributed by atoms with Gasteiger partial charge in [0, 0.05) is 52.1 Å². The Labute approximate surface area is 427 Å². The molecule has 1 amide bonds. The lowest BCUT2D eigenvalue weighted by atomic mass is 9.69. The number of carbonyl (C=O) groups excluding carboxylic acids is 2. The van der Waals surface area contributed by atoms with Gasteiger partial charge in [-0.3, -0.25) is 9.59 Å². The second-order valence-electron chi connectivity index (χ2n) is 22.5. The van der Waals surface area contributed by atoms with Gasteiger partial charge in [-0.25, -0.2) is 0 Å². The van der Waals surface area contributed by atoms with Crippen molar-refractivity contribution >= 4 is 45.0 Å². The Balaban J connectivity index is 1.00. The van der Waals surface area contributed by atoms with E-state index < -0.39 is 54.3 Å². The molecule has 5 aliphatic carbocycles. The van der Waals surface area contributed by atoms with Crippen molar-refractivity contribution in [1.29, 1.82) is 0 Å². The molecular formula is C60H60N2O12. The van der Waals surface area contributed by atoms with Crippen molar-refractivity contribution in [3.05, 3.63) is 110 Å². The van der Waals surface area contributed by atoms with Crippen LogP contribution in [0.3, 0.4) is 0 Å². The topological polar surface area (TPSA) is 200 Å². The van der Waals surface area contributed by atoms with E-state index in [4.69, 9.17) is 23.7 Å². The number of aryl methyl sites for hydroxylation is 2. The third-order valence-electron chi connectivity index (χ3n) is 18.5. The lowest BCUT2D eigenvalue weighted by molar-refractivity contribution is -0.328. The number of hydrogen-bond acceptors (Lipinski definition) is 12. The number of ether oxygens (including phenoxy) is 5. The number of aliphatic hydroxyl groups excluding tert-OH is 2. The largest absolute Gasteiger partial charge is 0.506 e. The quantitative estimate of drug-likeness (QED) is 0.0940. The summed E-state index contributed by atoms with van der Waals surface area (Å²) in [5.74, 6) is 2.76. The Morgan fingerprint density at radius 1 is 0.959 bits per heavy atom. The molecule has 14 rings (SSSR count). The first kappa shape index (κ1) is 46.4. The fraction of sp³-hybridized carbons (Fsp3) is 0.467. The van der Waals surface area contributed by atoms with Crippen molar-refractivity contribution in [1.82, 2.24) is 9.88 Å². The number of aromatic nitrogens is 1. The van der Waals surface area contributed by atoms with E-state index in [2.05, 4.69) is 35.2 Å². The monoisotopic (exact) mass is 1000 g/mol. The number of Topliss-reactive ketones (excluding diaryl/α,β-unsaturated/α-hetero) is 1. The van der Waals surface area contributed by atoms with E-state index >= 15 is 4.79 Å². The van der Waals surface area contributed by atoms with Gasteiger partial charge in [0.2, 0.25) is 6.29 Å². The molecule has 6 N–H and O–H groups in total. The molecule has 0 unspecified atom stereocenters. The molecule has 382 valence electrons. The molecule has 5 aromatic rings. The molecule has 4 aliphatic heterocycles. The van der Waals surface area contributed by atoms with Gasteiger partial charge in [-0.2, -0.15) is 0 Å². The van der Waals surface area contributed by atoms with E-state index in [9.17, 15) is 30.3 Å². The van der Waals surface area contributed by atoms with Crippen molar-refractivity contribution in [3.63, 3.8) is 0 Å². The SMILES string of the molecule is COc1c2c3c4c(O)c(c5c6c4c1CCC6=C[C@@H]1CCC[C@H]51)C(=O)CN1Cc4c(cccc4C1=O)CC#CO[C@H]1[C@H](O)[C@@H](CO[C@@H](c4c[nH]c5cc6c(cc45)[C@H](CC4(O)CCCC4)CC6)/C=C/2)O[C@H](O3)[C@@]1(O)CO. The maximum atomic E-state index is 15.4. The molecule has 14 heteroatoms. The molecule has 0 radical (unpaired) electrons. The number of benzene rings is 4. The summed E-state index contributed by atoms with van der Waals surface area (Å²) in [6, 6.07) is 9.83. The molecule has 2 saturated carbocycles. The minimum atomic E-state index is -2.47. The zero-order valence-corrected chi connectivity index (χ0v) is 41.4. The zero-order chi connectivity index (χ0) is 50.4. The summed E-state index contributed by atoms with van der Waals surface area (Å²) in [5.41, 5.74) is 7.03. The number of aliphatic hydroxyl groups is 4. The Kier molecular flexibility index (Phi) is 10.8. The zero-order valence-electron chi connectivity index (χ0n) is 41.4. The fourth-order valence-electron chi connectivity index (χ4n) is 14.9. The third-order valence-corrected chi connectivity index (χ3v) is 18.5. The lowest BCUT2D eigenvalue weighted by Gasteiger charge is -2.47. The van der Waals surface area contributed by atoms with Gasteiger partial charge >= 0.3 is 0 Å². The minimum absolute atomic E-state index is 0.0124. The standard InChI is InChI=1S/C60H60N2O12/c1-70-54-37-15-14-33-21-31-8-5-10-35(31)48-47(33)49(37)51-53(66)50(48)44(64)27-62-26-42-30(7-4-11-36(42)57(62)67)9-6-20-71-56-52(65)46-28-72-45(17-16-38(54)55(51)74-58(73-46)60(56,69)29-63)41-25-61-43-22-32-12-13-34(39(32)23-40(41)43)24-59(68)18-2-3-19-59/h4,7,11,16-17,21-23,25,31,34-35,45-46,52,56,58,61,63,65-66,68-69H,2-3,5,8-10,12-15,18-19,24,26-29H2,1H3/b17-16+/t31-,34-,35-,45+,46+,52+,56-,58+,60+/m0/s1. The fourth-order valence-corrected chi connectivity index (χ4v) is 14.9. The van der Waals surface area contributed by atoms with E-state index in [0.29, 0.717) is 35.1 Å². The van der Waals surface area contributed by atoms with Crippen molar-refractivity contribution in [3.8, 4) is 29.3 Å². The summed E-state index contributed by atoms with van der Waals surface area (Å²) in [6.07, 6.45) is 14.0. The molecule has 9 atom stereocenters. The lowest BCUT2D eigenvalue weighted by Crippen LogP contribution is -2.70. The van der Waals surface area contributed by atoms with E-state index in [1.54, 1.807) is 19.2 Å². The molecule has 1 aromatic heterocycles. The van der Waals surface area contributed by atoms with Gasteiger partial charge in [0.1, 0.15) is 41.7 Å². The number of H-pyrrole nitrogens is 1. The Hall–Kier alpha value is -6.18. The van der Waals surface area contributed by atoms with Gasteiger partial charge in [0.25, 0.3) is 5.91 Å². The first-order valence-corrected chi connectivity index (χ1v) is 26.7. The number of nitrogens with zero attached hydrogens (tertiary/aromatic N) is 1. The summed E-state index contributed by atoms with van der Waals surface area (Å²) >= 11 is 0. The maximum absolute atomic E-state index is 15.4. The predicted molar refractivity (Wildman–Crippen MR) is 273 cm³/mol. The predicted octanol–water partition coefficient (Wildman–Crippen LogP) is 7.70. The van der Waals surface area contributed by atoms with Crippen molar-refractivity contribution in [2.45, 2.75) is 144 Å². The molecule has 9 aliphatic rings. The Morgan fingerprint density at radius 3 is 2.66 bits per heavy atom. The summed E-state index contributed by atoms with van der Waals surface area (Å²) in [6.45, 7) is -1.36. The number of nitrogens with one attached hydrogen (secondary N) is 1. The van der Waals surface area contributed by atoms with Gasteiger partial charge in [0.05, 0.1) is 49.0 Å². The van der Waals surface area contributed by atoms with Crippen molar-refractivity contribution < 1.29 is 58.8 Å². The van der Waals surface area contributed by atoms with Gasteiger partial charge < -0.3 is 59.1 Å². The van der Waals surface area contributed by atoms with Crippen LogP contribution in [0.4, 0.5) is 0 Å². The molecule has 3 fully saturated rings. The average molecular weight is 1000 g/mol. The molecule has 74 heavy (non-hydrogen) atoms. The van der Waals surface area contributed by atoms with Crippen LogP contribution in [-0.2, 0) is 40.0 Å². The molecule has 4 aromatic carbocycles. The van der Waals surface area contributed by atoms with Crippen LogP contribution in [-0.4, -0.2) is 110 Å². The summed E-state index contributed by atoms with van der Waals surface area (Å²) < 4.78 is 33.1. The number of hydrogen-bond donors (Lipinski definition) is 6. The van der Waals surface area contributed by atoms with Crippen LogP contribution < -0.4 is 9.47 Å². The van der Waals surface area contributed by atoms with Crippen LogP contribution in [0.15, 0.2) is 48.7 Å². The van der Waals surface area contributed by atoms with Gasteiger partial charge in [0.15, 0.2) is 17.5 Å². The summed E-state index contributed by atoms with van der Waals surface area (Å²) in [4.78, 5) is 34.7. The molecular weight excluding hydrogens is 941 g/mol. The number of aromatic amines is 1. The number of methoxy groups -OCH3 is 1. The van der Waals surface area contributed by atoms with Crippen LogP contribution >= 0.6 is 0 Å². The summed E-state index contributed by atoms with van der Waals surface area (Å²) in [5, 5.41) is 63.0. The van der Waals surface area contributed by atoms with E-state index in [1.807, 2.05) is 24.4 Å². The third kappa shape index (κ3) is 6.86.